The molecule has 1 heterocycles. The Kier molecular flexibility index (Phi) is 4.81. The highest BCUT2D eigenvalue weighted by molar-refractivity contribution is 5.60. The first-order valence-corrected chi connectivity index (χ1v) is 8.76. The van der Waals surface area contributed by atoms with Crippen LogP contribution in [0.15, 0.2) is 36.4 Å². The summed E-state index contributed by atoms with van der Waals surface area (Å²) >= 11 is 0. The maximum Gasteiger partial charge on any atom is 0.0711 e. The van der Waals surface area contributed by atoms with Gasteiger partial charge in [0.15, 0.2) is 0 Å². The highest BCUT2D eigenvalue weighted by Gasteiger charge is 2.23. The Morgan fingerprint density at radius 1 is 0.958 bits per heavy atom. The summed E-state index contributed by atoms with van der Waals surface area (Å²) in [5.41, 5.74) is 8.28. The second-order valence-corrected chi connectivity index (χ2v) is 7.23. The van der Waals surface area contributed by atoms with Crippen molar-refractivity contribution in [1.29, 1.82) is 0 Å². The van der Waals surface area contributed by atoms with Gasteiger partial charge < -0.3 is 9.80 Å². The summed E-state index contributed by atoms with van der Waals surface area (Å²) in [6.45, 7) is 10.9. The molecule has 0 atom stereocenters. The Morgan fingerprint density at radius 2 is 1.62 bits per heavy atom. The number of nitrogens with zero attached hydrogens (tertiary/aromatic N) is 3. The SMILES string of the molecule is Cc1cc(C)c(N2CCN(Cc3ccccc3N(C)C)C2)c(C)c1. The van der Waals surface area contributed by atoms with Gasteiger partial charge in [-0.25, -0.2) is 0 Å². The molecule has 128 valence electrons. The summed E-state index contributed by atoms with van der Waals surface area (Å²) in [4.78, 5) is 7.28. The van der Waals surface area contributed by atoms with E-state index in [1.807, 2.05) is 0 Å². The predicted molar refractivity (Wildman–Crippen MR) is 104 cm³/mol. The van der Waals surface area contributed by atoms with Crippen LogP contribution in [0.1, 0.15) is 22.3 Å². The van der Waals surface area contributed by atoms with Gasteiger partial charge in [-0.1, -0.05) is 35.9 Å². The standard InChI is InChI=1S/C21H29N3/c1-16-12-17(2)21(18(3)13-16)24-11-10-23(15-24)14-19-8-6-7-9-20(19)22(4)5/h6-9,12-13H,10-11,14-15H2,1-5H3. The lowest BCUT2D eigenvalue weighted by Gasteiger charge is -2.25. The number of aryl methyl sites for hydroxylation is 3. The topological polar surface area (TPSA) is 9.72 Å². The molecule has 24 heavy (non-hydrogen) atoms. The second kappa shape index (κ2) is 6.86. The molecule has 0 radical (unpaired) electrons. The van der Waals surface area contributed by atoms with Crippen molar-refractivity contribution in [2.45, 2.75) is 27.3 Å². The molecule has 2 aromatic carbocycles. The van der Waals surface area contributed by atoms with Gasteiger partial charge in [0.25, 0.3) is 0 Å². The molecule has 0 unspecified atom stereocenters. The first kappa shape index (κ1) is 16.8. The summed E-state index contributed by atoms with van der Waals surface area (Å²) in [5, 5.41) is 0. The van der Waals surface area contributed by atoms with Gasteiger partial charge in [-0.15, -0.1) is 0 Å². The van der Waals surface area contributed by atoms with Crippen LogP contribution < -0.4 is 9.80 Å². The van der Waals surface area contributed by atoms with Gasteiger partial charge in [0, 0.05) is 45.1 Å². The van der Waals surface area contributed by atoms with Crippen LogP contribution in [0.5, 0.6) is 0 Å². The van der Waals surface area contributed by atoms with E-state index in [1.165, 1.54) is 33.6 Å². The van der Waals surface area contributed by atoms with Gasteiger partial charge in [0.2, 0.25) is 0 Å². The maximum atomic E-state index is 2.54. The average Bonchev–Trinajstić information content (AvgIpc) is 2.94. The molecule has 3 nitrogen and oxygen atoms in total. The van der Waals surface area contributed by atoms with Crippen molar-refractivity contribution < 1.29 is 0 Å². The first-order chi connectivity index (χ1) is 11.5. The molecular formula is C21H29N3. The lowest BCUT2D eigenvalue weighted by atomic mass is 10.0. The molecule has 1 saturated heterocycles. The van der Waals surface area contributed by atoms with Gasteiger partial charge in [0.1, 0.15) is 0 Å². The lowest BCUT2D eigenvalue weighted by molar-refractivity contribution is 0.334. The average molecular weight is 323 g/mol. The van der Waals surface area contributed by atoms with E-state index >= 15 is 0 Å². The van der Waals surface area contributed by atoms with Crippen LogP contribution in [0.2, 0.25) is 0 Å². The van der Waals surface area contributed by atoms with E-state index in [4.69, 9.17) is 0 Å². The normalized spacial score (nSPS) is 15.1. The van der Waals surface area contributed by atoms with E-state index < -0.39 is 0 Å². The molecule has 1 aliphatic heterocycles. The number of benzene rings is 2. The number of para-hydroxylation sites is 1. The Balaban J connectivity index is 1.75. The van der Waals surface area contributed by atoms with E-state index in [2.05, 4.69) is 86.0 Å². The van der Waals surface area contributed by atoms with Crippen molar-refractivity contribution in [2.75, 3.05) is 43.7 Å². The van der Waals surface area contributed by atoms with E-state index in [1.54, 1.807) is 0 Å². The van der Waals surface area contributed by atoms with Crippen molar-refractivity contribution in [2.24, 2.45) is 0 Å². The fourth-order valence-electron chi connectivity index (χ4n) is 3.95. The molecule has 1 fully saturated rings. The van der Waals surface area contributed by atoms with Crippen LogP contribution in [0.4, 0.5) is 11.4 Å². The van der Waals surface area contributed by atoms with Crippen molar-refractivity contribution in [1.82, 2.24) is 4.90 Å². The molecule has 0 spiro atoms. The molecule has 3 heteroatoms. The molecule has 3 rings (SSSR count). The van der Waals surface area contributed by atoms with Crippen LogP contribution in [0.3, 0.4) is 0 Å². The number of hydrogen-bond donors (Lipinski definition) is 0. The zero-order valence-electron chi connectivity index (χ0n) is 15.6. The van der Waals surface area contributed by atoms with E-state index in [9.17, 15) is 0 Å². The fraction of sp³-hybridized carbons (Fsp3) is 0.429. The van der Waals surface area contributed by atoms with Crippen molar-refractivity contribution in [3.8, 4) is 0 Å². The van der Waals surface area contributed by atoms with Crippen molar-refractivity contribution in [3.63, 3.8) is 0 Å². The van der Waals surface area contributed by atoms with Crippen molar-refractivity contribution >= 4 is 11.4 Å². The number of hydrogen-bond acceptors (Lipinski definition) is 3. The first-order valence-electron chi connectivity index (χ1n) is 8.76. The number of anilines is 2. The zero-order valence-corrected chi connectivity index (χ0v) is 15.6. The Bertz CT molecular complexity index is 698. The van der Waals surface area contributed by atoms with Crippen LogP contribution in [-0.2, 0) is 6.54 Å². The fourth-order valence-corrected chi connectivity index (χ4v) is 3.95. The molecule has 1 aliphatic rings. The van der Waals surface area contributed by atoms with Crippen LogP contribution in [-0.4, -0.2) is 38.8 Å². The van der Waals surface area contributed by atoms with Crippen LogP contribution >= 0.6 is 0 Å². The summed E-state index contributed by atoms with van der Waals surface area (Å²) < 4.78 is 0. The van der Waals surface area contributed by atoms with Crippen LogP contribution in [0, 0.1) is 20.8 Å². The minimum Gasteiger partial charge on any atom is -0.377 e. The third-order valence-corrected chi connectivity index (χ3v) is 4.88. The lowest BCUT2D eigenvalue weighted by Crippen LogP contribution is -2.26. The van der Waals surface area contributed by atoms with E-state index in [0.717, 1.165) is 26.3 Å². The summed E-state index contributed by atoms with van der Waals surface area (Å²) in [7, 11) is 4.24. The van der Waals surface area contributed by atoms with Gasteiger partial charge >= 0.3 is 0 Å². The van der Waals surface area contributed by atoms with E-state index in [-0.39, 0.29) is 0 Å². The van der Waals surface area contributed by atoms with Gasteiger partial charge in [-0.3, -0.25) is 4.90 Å². The highest BCUT2D eigenvalue weighted by Crippen LogP contribution is 2.29. The third-order valence-electron chi connectivity index (χ3n) is 4.88. The third kappa shape index (κ3) is 3.41. The minimum absolute atomic E-state index is 1.01. The zero-order chi connectivity index (χ0) is 17.3. The van der Waals surface area contributed by atoms with Crippen LogP contribution in [0.25, 0.3) is 0 Å². The minimum atomic E-state index is 1.01. The summed E-state index contributed by atoms with van der Waals surface area (Å²) in [6, 6.07) is 13.3. The Morgan fingerprint density at radius 3 is 2.29 bits per heavy atom. The molecule has 0 aliphatic carbocycles. The summed E-state index contributed by atoms with van der Waals surface area (Å²) in [5.74, 6) is 0. The van der Waals surface area contributed by atoms with E-state index in [0.29, 0.717) is 0 Å². The molecule has 0 N–H and O–H groups in total. The molecule has 2 aromatic rings. The van der Waals surface area contributed by atoms with Crippen molar-refractivity contribution in [3.05, 3.63) is 58.7 Å². The Labute approximate surface area is 146 Å². The van der Waals surface area contributed by atoms with Gasteiger partial charge in [-0.05, 0) is 43.5 Å². The molecular weight excluding hydrogens is 294 g/mol. The number of rotatable bonds is 4. The smallest absolute Gasteiger partial charge is 0.0711 e. The molecule has 0 saturated carbocycles. The summed E-state index contributed by atoms with van der Waals surface area (Å²) in [6.07, 6.45) is 0. The molecule has 0 bridgehead atoms. The van der Waals surface area contributed by atoms with Gasteiger partial charge in [0.05, 0.1) is 6.67 Å². The molecule has 0 aromatic heterocycles. The highest BCUT2D eigenvalue weighted by atomic mass is 15.4. The largest absolute Gasteiger partial charge is 0.377 e. The second-order valence-electron chi connectivity index (χ2n) is 7.23. The Hall–Kier alpha value is -2.00. The quantitative estimate of drug-likeness (QED) is 0.843. The maximum absolute atomic E-state index is 2.54. The predicted octanol–water partition coefficient (Wildman–Crippen LogP) is 3.96. The van der Waals surface area contributed by atoms with Gasteiger partial charge in [-0.2, -0.15) is 0 Å². The molecule has 0 amide bonds. The monoisotopic (exact) mass is 323 g/mol.